The maximum Gasteiger partial charge on any atom is 0.194 e. The van der Waals surface area contributed by atoms with Gasteiger partial charge < -0.3 is 20.2 Å². The van der Waals surface area contributed by atoms with Crippen LogP contribution in [0.5, 0.6) is 0 Å². The van der Waals surface area contributed by atoms with E-state index in [0.29, 0.717) is 38.2 Å². The summed E-state index contributed by atoms with van der Waals surface area (Å²) in [5.41, 5.74) is 1.50. The van der Waals surface area contributed by atoms with E-state index in [-0.39, 0.29) is 40.6 Å². The van der Waals surface area contributed by atoms with E-state index >= 15 is 0 Å². The average Bonchev–Trinajstić information content (AvgIpc) is 2.65. The van der Waals surface area contributed by atoms with Crippen LogP contribution in [0.25, 0.3) is 0 Å². The average molecular weight is 536 g/mol. The first-order valence-corrected chi connectivity index (χ1v) is 11.2. The topological polar surface area (TPSA) is 51.1 Å². The second-order valence-corrected chi connectivity index (χ2v) is 10.0. The third kappa shape index (κ3) is 6.89. The number of hydrogen-bond acceptors (Lipinski definition) is 4. The molecule has 3 rings (SSSR count). The summed E-state index contributed by atoms with van der Waals surface area (Å²) in [7, 11) is 0. The number of nitrogens with zero attached hydrogens (tertiary/aromatic N) is 3. The van der Waals surface area contributed by atoms with Crippen molar-refractivity contribution in [2.75, 3.05) is 43.4 Å². The molecule has 0 amide bonds. The normalized spacial score (nSPS) is 20.4. The van der Waals surface area contributed by atoms with Crippen LogP contribution in [0.1, 0.15) is 39.2 Å². The lowest BCUT2D eigenvalue weighted by atomic mass is 10.1. The van der Waals surface area contributed by atoms with Crippen LogP contribution in [-0.4, -0.2) is 65.3 Å². The molecule has 0 aliphatic carbocycles. The Balaban J connectivity index is 0.00000300. The van der Waals surface area contributed by atoms with Crippen LogP contribution in [0.3, 0.4) is 0 Å². The summed E-state index contributed by atoms with van der Waals surface area (Å²) in [6.07, 6.45) is 1.14. The number of aliphatic imine (C=N–C) groups is 1. The molecule has 5 nitrogen and oxygen atoms in total. The van der Waals surface area contributed by atoms with Gasteiger partial charge in [0, 0.05) is 43.2 Å². The number of guanidine groups is 1. The molecule has 29 heavy (non-hydrogen) atoms. The summed E-state index contributed by atoms with van der Waals surface area (Å²) in [6, 6.07) is 5.42. The Labute approximate surface area is 195 Å². The minimum Gasteiger partial charge on any atom is -0.393 e. The van der Waals surface area contributed by atoms with Gasteiger partial charge in [-0.15, -0.1) is 24.0 Å². The number of piperidine rings is 1. The quantitative estimate of drug-likeness (QED) is 0.349. The largest absolute Gasteiger partial charge is 0.393 e. The number of anilines is 1. The lowest BCUT2D eigenvalue weighted by Crippen LogP contribution is -2.50. The maximum absolute atomic E-state index is 14.7. The Morgan fingerprint density at radius 3 is 2.66 bits per heavy atom. The Hall–Kier alpha value is -0.740. The standard InChI is InChI=1S/C21H33FN4OS.HI/c1-4-23-20(26-11-12-28-21(2,3)15-26)24-14-16-5-6-19(18(22)13-16)25-9-7-17(27)8-10-25;/h5-6,13,17,27H,4,7-12,14-15H2,1-3H3,(H,23,24);1H. The highest BCUT2D eigenvalue weighted by molar-refractivity contribution is 14.0. The van der Waals surface area contributed by atoms with Crippen LogP contribution in [-0.2, 0) is 6.54 Å². The molecule has 0 aromatic heterocycles. The summed E-state index contributed by atoms with van der Waals surface area (Å²) < 4.78 is 14.9. The molecule has 2 aliphatic rings. The van der Waals surface area contributed by atoms with Crippen LogP contribution in [0.2, 0.25) is 0 Å². The molecular formula is C21H34FIN4OS. The van der Waals surface area contributed by atoms with Crippen molar-refractivity contribution < 1.29 is 9.50 Å². The number of aliphatic hydroxyl groups is 1. The highest BCUT2D eigenvalue weighted by Crippen LogP contribution is 2.29. The van der Waals surface area contributed by atoms with Crippen molar-refractivity contribution >= 4 is 47.4 Å². The molecule has 1 aromatic carbocycles. The van der Waals surface area contributed by atoms with Crippen LogP contribution in [0.15, 0.2) is 23.2 Å². The SMILES string of the molecule is CCNC(=NCc1ccc(N2CCC(O)CC2)c(F)c1)N1CCSC(C)(C)C1.I. The van der Waals surface area contributed by atoms with Gasteiger partial charge in [0.15, 0.2) is 5.96 Å². The number of halogens is 2. The third-order valence-corrected chi connectivity index (χ3v) is 6.59. The van der Waals surface area contributed by atoms with Gasteiger partial charge in [0.1, 0.15) is 5.82 Å². The first-order chi connectivity index (χ1) is 13.4. The molecule has 8 heteroatoms. The summed E-state index contributed by atoms with van der Waals surface area (Å²) >= 11 is 2.00. The van der Waals surface area contributed by atoms with E-state index in [0.717, 1.165) is 36.9 Å². The lowest BCUT2D eigenvalue weighted by Gasteiger charge is -2.39. The predicted molar refractivity (Wildman–Crippen MR) is 132 cm³/mol. The number of nitrogens with one attached hydrogen (secondary N) is 1. The molecule has 164 valence electrons. The molecule has 2 heterocycles. The van der Waals surface area contributed by atoms with Gasteiger partial charge in [0.2, 0.25) is 0 Å². The Bertz CT molecular complexity index is 695. The number of aliphatic hydroxyl groups excluding tert-OH is 1. The van der Waals surface area contributed by atoms with Gasteiger partial charge >= 0.3 is 0 Å². The Morgan fingerprint density at radius 1 is 1.31 bits per heavy atom. The summed E-state index contributed by atoms with van der Waals surface area (Å²) in [6.45, 7) is 11.2. The summed E-state index contributed by atoms with van der Waals surface area (Å²) in [4.78, 5) is 9.10. The van der Waals surface area contributed by atoms with Crippen LogP contribution >= 0.6 is 35.7 Å². The van der Waals surface area contributed by atoms with Gasteiger partial charge in [-0.05, 0) is 51.3 Å². The number of rotatable bonds is 4. The second-order valence-electron chi connectivity index (χ2n) is 8.20. The fourth-order valence-electron chi connectivity index (χ4n) is 3.80. The molecule has 0 atom stereocenters. The van der Waals surface area contributed by atoms with Crippen molar-refractivity contribution in [3.63, 3.8) is 0 Å². The van der Waals surface area contributed by atoms with Gasteiger partial charge in [-0.25, -0.2) is 9.38 Å². The second kappa shape index (κ2) is 11.0. The molecule has 2 N–H and O–H groups in total. The molecule has 0 bridgehead atoms. The molecule has 0 radical (unpaired) electrons. The number of benzene rings is 1. The van der Waals surface area contributed by atoms with Gasteiger partial charge in [-0.3, -0.25) is 0 Å². The molecule has 0 unspecified atom stereocenters. The number of thioether (sulfide) groups is 1. The van der Waals surface area contributed by atoms with Gasteiger partial charge in [-0.1, -0.05) is 6.07 Å². The zero-order valence-corrected chi connectivity index (χ0v) is 20.8. The van der Waals surface area contributed by atoms with Crippen molar-refractivity contribution in [3.05, 3.63) is 29.6 Å². The van der Waals surface area contributed by atoms with Crippen LogP contribution < -0.4 is 10.2 Å². The molecule has 2 saturated heterocycles. The molecule has 1 aromatic rings. The fraction of sp³-hybridized carbons (Fsp3) is 0.667. The predicted octanol–water partition coefficient (Wildman–Crippen LogP) is 3.70. The number of hydrogen-bond donors (Lipinski definition) is 2. The van der Waals surface area contributed by atoms with Crippen LogP contribution in [0, 0.1) is 5.82 Å². The molecule has 2 fully saturated rings. The highest BCUT2D eigenvalue weighted by atomic mass is 127. The Kier molecular flexibility index (Phi) is 9.34. The zero-order chi connectivity index (χ0) is 20.1. The molecule has 2 aliphatic heterocycles. The molecule has 0 spiro atoms. The summed E-state index contributed by atoms with van der Waals surface area (Å²) in [5.74, 6) is 1.79. The van der Waals surface area contributed by atoms with Crippen molar-refractivity contribution in [1.29, 1.82) is 0 Å². The zero-order valence-electron chi connectivity index (χ0n) is 17.7. The van der Waals surface area contributed by atoms with Crippen LogP contribution in [0.4, 0.5) is 10.1 Å². The third-order valence-electron chi connectivity index (χ3n) is 5.29. The van der Waals surface area contributed by atoms with E-state index in [1.54, 1.807) is 6.07 Å². The smallest absolute Gasteiger partial charge is 0.194 e. The fourth-order valence-corrected chi connectivity index (χ4v) is 4.91. The van der Waals surface area contributed by atoms with Gasteiger partial charge in [0.25, 0.3) is 0 Å². The minimum atomic E-state index is -0.254. The van der Waals surface area contributed by atoms with E-state index in [1.165, 1.54) is 0 Å². The van der Waals surface area contributed by atoms with E-state index in [2.05, 4.69) is 31.0 Å². The van der Waals surface area contributed by atoms with Crippen molar-refractivity contribution in [3.8, 4) is 0 Å². The molecule has 0 saturated carbocycles. The van der Waals surface area contributed by atoms with Crippen molar-refractivity contribution in [2.24, 2.45) is 4.99 Å². The maximum atomic E-state index is 14.7. The van der Waals surface area contributed by atoms with E-state index in [1.807, 2.05) is 28.8 Å². The summed E-state index contributed by atoms with van der Waals surface area (Å²) in [5, 5.41) is 13.0. The van der Waals surface area contributed by atoms with Crippen molar-refractivity contribution in [2.45, 2.75) is 51.0 Å². The minimum absolute atomic E-state index is 0. The molecular weight excluding hydrogens is 502 g/mol. The Morgan fingerprint density at radius 2 is 2.03 bits per heavy atom. The first-order valence-electron chi connectivity index (χ1n) is 10.3. The highest BCUT2D eigenvalue weighted by Gasteiger charge is 2.28. The van der Waals surface area contributed by atoms with Gasteiger partial charge in [0.05, 0.1) is 18.3 Å². The van der Waals surface area contributed by atoms with Crippen molar-refractivity contribution in [1.82, 2.24) is 10.2 Å². The van der Waals surface area contributed by atoms with E-state index in [9.17, 15) is 9.50 Å². The van der Waals surface area contributed by atoms with E-state index in [4.69, 9.17) is 4.99 Å². The first kappa shape index (κ1) is 24.5. The monoisotopic (exact) mass is 536 g/mol. The van der Waals surface area contributed by atoms with Gasteiger partial charge in [-0.2, -0.15) is 11.8 Å². The van der Waals surface area contributed by atoms with E-state index < -0.39 is 0 Å². The lowest BCUT2D eigenvalue weighted by molar-refractivity contribution is 0.145.